The third kappa shape index (κ3) is 7.14. The average molecular weight is 705 g/mol. The second-order valence-corrected chi connectivity index (χ2v) is 11.5. The Labute approximate surface area is 279 Å². The van der Waals surface area contributed by atoms with Gasteiger partial charge < -0.3 is 5.32 Å². The first-order valence-electron chi connectivity index (χ1n) is 13.5. The van der Waals surface area contributed by atoms with Gasteiger partial charge in [-0.3, -0.25) is 19.0 Å². The van der Waals surface area contributed by atoms with Gasteiger partial charge >= 0.3 is 12.1 Å². The smallest absolute Gasteiger partial charge is 0.325 e. The Kier molecular flexibility index (Phi) is 9.39. The second-order valence-electron chi connectivity index (χ2n) is 10.2. The number of pyridine rings is 3. The number of amides is 1. The molecule has 0 saturated heterocycles. The van der Waals surface area contributed by atoms with Crippen molar-refractivity contribution in [2.45, 2.75) is 26.6 Å². The molecule has 0 aliphatic rings. The van der Waals surface area contributed by atoms with Crippen LogP contribution in [0.3, 0.4) is 0 Å². The lowest BCUT2D eigenvalue weighted by Crippen LogP contribution is -2.50. The van der Waals surface area contributed by atoms with E-state index in [-0.39, 0.29) is 39.4 Å². The van der Waals surface area contributed by atoms with Gasteiger partial charge in [-0.25, -0.2) is 9.78 Å². The van der Waals surface area contributed by atoms with E-state index in [0.29, 0.717) is 37.2 Å². The molecule has 1 N–H and O–H groups in total. The summed E-state index contributed by atoms with van der Waals surface area (Å²) in [4.78, 5) is 60.0. The van der Waals surface area contributed by atoms with Gasteiger partial charge in [-0.05, 0) is 55.0 Å². The van der Waals surface area contributed by atoms with Crippen LogP contribution in [0, 0.1) is 0 Å². The SMILES string of the molecule is CC(=O)Nc1c(C(C)=O)c(=O)n(Cc2ccc[n+](OC(=O)C(F)(F)F)c2)c2nc(-c3ccc(Cl)cc3Cl)c(-c3ccc(Cl)cc3)cc12. The van der Waals surface area contributed by atoms with Crippen molar-refractivity contribution < 1.29 is 37.1 Å². The van der Waals surface area contributed by atoms with Gasteiger partial charge in [-0.1, -0.05) is 46.9 Å². The number of hydrogen-bond donors (Lipinski definition) is 1. The lowest BCUT2D eigenvalue weighted by molar-refractivity contribution is -0.871. The maximum atomic E-state index is 14.0. The maximum Gasteiger partial charge on any atom is 0.498 e. The van der Waals surface area contributed by atoms with Gasteiger partial charge in [-0.2, -0.15) is 18.0 Å². The zero-order chi connectivity index (χ0) is 34.2. The van der Waals surface area contributed by atoms with Crippen LogP contribution >= 0.6 is 34.8 Å². The molecule has 0 bridgehead atoms. The number of aromatic nitrogens is 3. The third-order valence-electron chi connectivity index (χ3n) is 6.83. The number of Topliss-reactive ketones (excluding diaryl/α,β-unsaturated/α-hetero) is 1. The minimum atomic E-state index is -5.25. The molecule has 240 valence electrons. The monoisotopic (exact) mass is 703 g/mol. The van der Waals surface area contributed by atoms with Crippen molar-refractivity contribution in [3.05, 3.63) is 110 Å². The van der Waals surface area contributed by atoms with Crippen molar-refractivity contribution in [2.24, 2.45) is 0 Å². The van der Waals surface area contributed by atoms with Gasteiger partial charge in [0.25, 0.3) is 5.56 Å². The number of carbonyl (C=O) groups excluding carboxylic acids is 3. The Morgan fingerprint density at radius 3 is 2.26 bits per heavy atom. The molecule has 0 saturated carbocycles. The van der Waals surface area contributed by atoms with E-state index in [1.165, 1.54) is 25.1 Å². The molecule has 0 atom stereocenters. The fourth-order valence-corrected chi connectivity index (χ4v) is 5.49. The molecule has 2 aromatic carbocycles. The van der Waals surface area contributed by atoms with Crippen LogP contribution < -0.4 is 20.4 Å². The molecule has 0 fully saturated rings. The number of rotatable bonds is 7. The summed E-state index contributed by atoms with van der Waals surface area (Å²) in [6, 6.07) is 15.9. The van der Waals surface area contributed by atoms with Crippen LogP contribution in [0.2, 0.25) is 15.1 Å². The Balaban J connectivity index is 1.85. The van der Waals surface area contributed by atoms with Crippen molar-refractivity contribution in [1.29, 1.82) is 0 Å². The van der Waals surface area contributed by atoms with E-state index in [9.17, 15) is 32.3 Å². The number of anilines is 1. The van der Waals surface area contributed by atoms with Crippen molar-refractivity contribution >= 4 is 69.2 Å². The molecule has 0 aliphatic heterocycles. The largest absolute Gasteiger partial charge is 0.498 e. The summed E-state index contributed by atoms with van der Waals surface area (Å²) < 4.78 is 40.2. The van der Waals surface area contributed by atoms with E-state index in [2.05, 4.69) is 10.2 Å². The summed E-state index contributed by atoms with van der Waals surface area (Å²) in [5.41, 5.74) is 0.721. The van der Waals surface area contributed by atoms with E-state index in [0.717, 1.165) is 23.9 Å². The number of benzene rings is 2. The van der Waals surface area contributed by atoms with Gasteiger partial charge in [0.2, 0.25) is 18.3 Å². The van der Waals surface area contributed by atoms with E-state index in [1.54, 1.807) is 42.5 Å². The minimum absolute atomic E-state index is 0.00910. The summed E-state index contributed by atoms with van der Waals surface area (Å²) in [6.45, 7) is 2.02. The fourth-order valence-electron chi connectivity index (χ4n) is 4.86. The normalized spacial score (nSPS) is 11.4. The molecular formula is C32H21Cl3F3N4O5+. The highest BCUT2D eigenvalue weighted by molar-refractivity contribution is 6.36. The molecule has 0 aliphatic carbocycles. The van der Waals surface area contributed by atoms with Crippen LogP contribution in [0.15, 0.2) is 77.9 Å². The Bertz CT molecular complexity index is 2150. The molecular weight excluding hydrogens is 684 g/mol. The second kappa shape index (κ2) is 13.1. The molecule has 0 unspecified atom stereocenters. The number of ketones is 1. The van der Waals surface area contributed by atoms with Gasteiger partial charge in [0.15, 0.2) is 5.78 Å². The van der Waals surface area contributed by atoms with Crippen LogP contribution in [0.25, 0.3) is 33.4 Å². The highest BCUT2D eigenvalue weighted by Gasteiger charge is 2.44. The van der Waals surface area contributed by atoms with Gasteiger partial charge in [-0.15, -0.1) is 0 Å². The zero-order valence-corrected chi connectivity index (χ0v) is 26.6. The first kappa shape index (κ1) is 33.6. The van der Waals surface area contributed by atoms with E-state index < -0.39 is 29.4 Å². The number of hydrogen-bond acceptors (Lipinski definition) is 6. The summed E-state index contributed by atoms with van der Waals surface area (Å²) in [6.07, 6.45) is -3.13. The highest BCUT2D eigenvalue weighted by Crippen LogP contribution is 2.40. The lowest BCUT2D eigenvalue weighted by atomic mass is 9.96. The van der Waals surface area contributed by atoms with E-state index in [1.807, 2.05) is 0 Å². The van der Waals surface area contributed by atoms with Crippen molar-refractivity contribution in [1.82, 2.24) is 9.55 Å². The topological polar surface area (TPSA) is 111 Å². The number of nitrogens with zero attached hydrogens (tertiary/aromatic N) is 3. The first-order chi connectivity index (χ1) is 22.1. The van der Waals surface area contributed by atoms with Crippen molar-refractivity contribution in [3.63, 3.8) is 0 Å². The van der Waals surface area contributed by atoms with E-state index >= 15 is 0 Å². The minimum Gasteiger partial charge on any atom is -0.325 e. The Morgan fingerprint density at radius 1 is 0.957 bits per heavy atom. The van der Waals surface area contributed by atoms with Crippen molar-refractivity contribution in [2.75, 3.05) is 5.32 Å². The molecule has 9 nitrogen and oxygen atoms in total. The Hall–Kier alpha value is -4.78. The van der Waals surface area contributed by atoms with Gasteiger partial charge in [0, 0.05) is 49.8 Å². The number of fused-ring (bicyclic) bond motifs is 1. The molecule has 0 radical (unpaired) electrons. The van der Waals surface area contributed by atoms with Gasteiger partial charge in [0.05, 0.1) is 22.9 Å². The molecule has 3 aromatic heterocycles. The number of halogens is 6. The van der Waals surface area contributed by atoms with Crippen molar-refractivity contribution in [3.8, 4) is 22.4 Å². The molecule has 5 rings (SSSR count). The predicted octanol–water partition coefficient (Wildman–Crippen LogP) is 6.71. The van der Waals surface area contributed by atoms with Crippen LogP contribution in [0.5, 0.6) is 0 Å². The standard InChI is InChI=1S/C32H20Cl3F3N4O5/c1-16(43)26-28(39-17(2)44)24-13-23(19-5-7-20(33)8-6-19)27(22-10-9-21(34)12-25(22)35)40-29(24)42(30(26)45)15-18-4-3-11-41(14-18)47-31(46)32(36,37)38/h3-14H,15H2,1-2H3/p+1. The number of nitrogens with one attached hydrogen (secondary N) is 1. The maximum absolute atomic E-state index is 14.0. The van der Waals surface area contributed by atoms with Crippen LogP contribution in [0.4, 0.5) is 18.9 Å². The fraction of sp³-hybridized carbons (Fsp3) is 0.125. The Morgan fingerprint density at radius 2 is 1.64 bits per heavy atom. The van der Waals surface area contributed by atoms with Gasteiger partial charge in [0.1, 0.15) is 11.2 Å². The summed E-state index contributed by atoms with van der Waals surface area (Å²) in [7, 11) is 0. The van der Waals surface area contributed by atoms with E-state index in [4.69, 9.17) is 39.8 Å². The molecule has 5 aromatic rings. The third-order valence-corrected chi connectivity index (χ3v) is 7.63. The summed E-state index contributed by atoms with van der Waals surface area (Å²) in [5.74, 6) is -3.70. The van der Waals surface area contributed by atoms with Crippen LogP contribution in [-0.2, 0) is 16.1 Å². The molecule has 3 heterocycles. The quantitative estimate of drug-likeness (QED) is 0.149. The highest BCUT2D eigenvalue weighted by atomic mass is 35.5. The van der Waals surface area contributed by atoms with Crippen LogP contribution in [0.1, 0.15) is 29.8 Å². The molecule has 47 heavy (non-hydrogen) atoms. The summed E-state index contributed by atoms with van der Waals surface area (Å²) >= 11 is 18.9. The predicted molar refractivity (Wildman–Crippen MR) is 170 cm³/mol. The number of alkyl halides is 3. The molecule has 1 amide bonds. The van der Waals surface area contributed by atoms with Crippen LogP contribution in [-0.4, -0.2) is 33.4 Å². The molecule has 15 heteroatoms. The number of carbonyl (C=O) groups is 3. The molecule has 0 spiro atoms. The average Bonchev–Trinajstić information content (AvgIpc) is 2.98. The first-order valence-corrected chi connectivity index (χ1v) is 14.7. The zero-order valence-electron chi connectivity index (χ0n) is 24.3. The lowest BCUT2D eigenvalue weighted by Gasteiger charge is -2.20. The summed E-state index contributed by atoms with van der Waals surface area (Å²) in [5, 5.41) is 3.83.